The molecule has 1 saturated heterocycles. The third kappa shape index (κ3) is 5.41. The lowest BCUT2D eigenvalue weighted by atomic mass is 9.75. The quantitative estimate of drug-likeness (QED) is 0.277. The first kappa shape index (κ1) is 24.4. The van der Waals surface area contributed by atoms with E-state index >= 15 is 0 Å². The number of hydrogen-bond acceptors (Lipinski definition) is 6. The molecule has 168 valence electrons. The van der Waals surface area contributed by atoms with Crippen molar-refractivity contribution in [2.75, 3.05) is 7.11 Å². The highest BCUT2D eigenvalue weighted by Gasteiger charge is 2.55. The van der Waals surface area contributed by atoms with E-state index in [1.54, 1.807) is 12.2 Å². The van der Waals surface area contributed by atoms with Crippen molar-refractivity contribution in [1.29, 1.82) is 0 Å². The van der Waals surface area contributed by atoms with Gasteiger partial charge in [0.25, 0.3) is 0 Å². The molecule has 0 aromatic rings. The largest absolute Gasteiger partial charge is 0.466 e. The zero-order chi connectivity index (χ0) is 22.5. The lowest BCUT2D eigenvalue weighted by Gasteiger charge is -2.53. The Balaban J connectivity index is 2.31. The van der Waals surface area contributed by atoms with E-state index in [0.29, 0.717) is 5.92 Å². The molecule has 0 aliphatic carbocycles. The van der Waals surface area contributed by atoms with Gasteiger partial charge in [0.05, 0.1) is 25.2 Å². The van der Waals surface area contributed by atoms with E-state index in [1.807, 2.05) is 32.9 Å². The molecule has 30 heavy (non-hydrogen) atoms. The zero-order valence-corrected chi connectivity index (χ0v) is 19.2. The Morgan fingerprint density at radius 3 is 2.47 bits per heavy atom. The Morgan fingerprint density at radius 1 is 1.20 bits per heavy atom. The highest BCUT2D eigenvalue weighted by Crippen LogP contribution is 2.46. The van der Waals surface area contributed by atoms with Crippen molar-refractivity contribution in [2.24, 2.45) is 23.7 Å². The molecule has 0 saturated carbocycles. The van der Waals surface area contributed by atoms with E-state index in [-0.39, 0.29) is 42.0 Å². The summed E-state index contributed by atoms with van der Waals surface area (Å²) in [4.78, 5) is 23.1. The van der Waals surface area contributed by atoms with Crippen molar-refractivity contribution in [2.45, 2.75) is 72.1 Å². The maximum atomic E-state index is 11.8. The monoisotopic (exact) mass is 420 g/mol. The van der Waals surface area contributed by atoms with Crippen molar-refractivity contribution >= 4 is 11.9 Å². The molecule has 6 nitrogen and oxygen atoms in total. The summed E-state index contributed by atoms with van der Waals surface area (Å²) < 4.78 is 23.4. The van der Waals surface area contributed by atoms with Crippen molar-refractivity contribution < 1.29 is 28.5 Å². The number of carbonyl (C=O) groups is 2. The molecule has 0 aromatic heterocycles. The molecule has 0 N–H and O–H groups in total. The molecular weight excluding hydrogens is 384 g/mol. The van der Waals surface area contributed by atoms with Crippen LogP contribution < -0.4 is 0 Å². The molecule has 6 heteroatoms. The molecule has 8 atom stereocenters. The molecule has 0 aromatic carbocycles. The van der Waals surface area contributed by atoms with Crippen LogP contribution in [0, 0.1) is 23.7 Å². The van der Waals surface area contributed by atoms with E-state index in [1.165, 1.54) is 20.1 Å². The third-order valence-corrected chi connectivity index (χ3v) is 6.28. The van der Waals surface area contributed by atoms with Crippen molar-refractivity contribution in [3.8, 4) is 0 Å². The van der Waals surface area contributed by atoms with Gasteiger partial charge >= 0.3 is 11.9 Å². The topological polar surface area (TPSA) is 71.1 Å². The smallest absolute Gasteiger partial charge is 0.330 e. The number of esters is 2. The average Bonchev–Trinajstić information content (AvgIpc) is 2.71. The number of rotatable bonds is 6. The van der Waals surface area contributed by atoms with Gasteiger partial charge in [0.15, 0.2) is 5.79 Å². The lowest BCUT2D eigenvalue weighted by molar-refractivity contribution is -0.335. The molecule has 0 radical (unpaired) electrons. The molecule has 0 unspecified atom stereocenters. The fourth-order valence-corrected chi connectivity index (χ4v) is 4.46. The Labute approximate surface area is 180 Å². The fraction of sp³-hybridized carbons (Fsp3) is 0.667. The van der Waals surface area contributed by atoms with E-state index in [9.17, 15) is 9.59 Å². The number of methoxy groups -OCH3 is 1. The van der Waals surface area contributed by atoms with E-state index < -0.39 is 11.8 Å². The van der Waals surface area contributed by atoms with Gasteiger partial charge in [-0.25, -0.2) is 4.79 Å². The predicted molar refractivity (Wildman–Crippen MR) is 114 cm³/mol. The van der Waals surface area contributed by atoms with Gasteiger partial charge in [-0.3, -0.25) is 4.79 Å². The van der Waals surface area contributed by atoms with Gasteiger partial charge in [0.1, 0.15) is 6.10 Å². The van der Waals surface area contributed by atoms with Crippen LogP contribution in [-0.2, 0) is 28.5 Å². The summed E-state index contributed by atoms with van der Waals surface area (Å²) in [5.41, 5.74) is 0. The highest BCUT2D eigenvalue weighted by atomic mass is 16.7. The van der Waals surface area contributed by atoms with E-state index in [0.717, 1.165) is 6.42 Å². The van der Waals surface area contributed by atoms with Crippen molar-refractivity contribution in [1.82, 2.24) is 0 Å². The van der Waals surface area contributed by atoms with Crippen LogP contribution in [0.5, 0.6) is 0 Å². The van der Waals surface area contributed by atoms with Gasteiger partial charge in [-0.05, 0) is 19.4 Å². The SMILES string of the molecule is CC[C@H]1C=C[C@]2(O[C@@H]([C@@H](C)/C=C/C=C/C(=O)OC)[C@@H](C)[C@@H](OC(C)=O)[C@@H]2C)O[C@@H]1C. The summed E-state index contributed by atoms with van der Waals surface area (Å²) in [6.07, 6.45) is 11.4. The van der Waals surface area contributed by atoms with Crippen LogP contribution in [0.4, 0.5) is 0 Å². The van der Waals surface area contributed by atoms with Gasteiger partial charge in [0, 0.05) is 30.8 Å². The number of carbonyl (C=O) groups excluding carboxylic acids is 2. The fourth-order valence-electron chi connectivity index (χ4n) is 4.46. The minimum absolute atomic E-state index is 0.000866. The summed E-state index contributed by atoms with van der Waals surface area (Å²) in [6, 6.07) is 0. The van der Waals surface area contributed by atoms with Crippen LogP contribution in [0.15, 0.2) is 36.5 Å². The Kier molecular flexibility index (Phi) is 8.44. The van der Waals surface area contributed by atoms with Crippen molar-refractivity contribution in [3.05, 3.63) is 36.5 Å². The second-order valence-electron chi connectivity index (χ2n) is 8.41. The van der Waals surface area contributed by atoms with Crippen LogP contribution in [-0.4, -0.2) is 43.1 Å². The second-order valence-corrected chi connectivity index (χ2v) is 8.41. The molecule has 0 bridgehead atoms. The summed E-state index contributed by atoms with van der Waals surface area (Å²) in [5.74, 6) is -1.50. The minimum atomic E-state index is -0.938. The van der Waals surface area contributed by atoms with E-state index in [2.05, 4.69) is 24.7 Å². The molecule has 0 amide bonds. The molecule has 2 aliphatic heterocycles. The summed E-state index contributed by atoms with van der Waals surface area (Å²) in [5, 5.41) is 0. The maximum absolute atomic E-state index is 11.8. The molecule has 1 spiro atoms. The van der Waals surface area contributed by atoms with Gasteiger partial charge in [0.2, 0.25) is 0 Å². The first-order valence-corrected chi connectivity index (χ1v) is 10.8. The third-order valence-electron chi connectivity index (χ3n) is 6.28. The normalized spacial score (nSPS) is 37.6. The van der Waals surface area contributed by atoms with Crippen LogP contribution in [0.1, 0.15) is 48.0 Å². The molecule has 2 rings (SSSR count). The number of ether oxygens (including phenoxy) is 4. The number of allylic oxidation sites excluding steroid dienone is 2. The Morgan fingerprint density at radius 2 is 1.90 bits per heavy atom. The van der Waals surface area contributed by atoms with Crippen LogP contribution in [0.3, 0.4) is 0 Å². The summed E-state index contributed by atoms with van der Waals surface area (Å²) in [6.45, 7) is 11.7. The molecular formula is C24H36O6. The molecule has 2 heterocycles. The van der Waals surface area contributed by atoms with Crippen molar-refractivity contribution in [3.63, 3.8) is 0 Å². The second kappa shape index (κ2) is 10.4. The highest BCUT2D eigenvalue weighted by molar-refractivity contribution is 5.82. The first-order valence-electron chi connectivity index (χ1n) is 10.8. The predicted octanol–water partition coefficient (Wildman–Crippen LogP) is 4.21. The maximum Gasteiger partial charge on any atom is 0.330 e. The number of hydrogen-bond donors (Lipinski definition) is 0. The van der Waals surface area contributed by atoms with Gasteiger partial charge in [-0.15, -0.1) is 0 Å². The summed E-state index contributed by atoms with van der Waals surface area (Å²) in [7, 11) is 1.34. The molecule has 1 fully saturated rings. The zero-order valence-electron chi connectivity index (χ0n) is 19.2. The van der Waals surface area contributed by atoms with Gasteiger partial charge in [-0.2, -0.15) is 0 Å². The average molecular weight is 421 g/mol. The van der Waals surface area contributed by atoms with Gasteiger partial charge < -0.3 is 18.9 Å². The van der Waals surface area contributed by atoms with Crippen LogP contribution >= 0.6 is 0 Å². The minimum Gasteiger partial charge on any atom is -0.466 e. The van der Waals surface area contributed by atoms with Crippen LogP contribution in [0.2, 0.25) is 0 Å². The summed E-state index contributed by atoms with van der Waals surface area (Å²) >= 11 is 0. The lowest BCUT2D eigenvalue weighted by Crippen LogP contribution is -2.61. The van der Waals surface area contributed by atoms with E-state index in [4.69, 9.17) is 14.2 Å². The first-order chi connectivity index (χ1) is 14.1. The van der Waals surface area contributed by atoms with Crippen LogP contribution in [0.25, 0.3) is 0 Å². The van der Waals surface area contributed by atoms with Gasteiger partial charge in [-0.1, -0.05) is 52.0 Å². The Bertz CT molecular complexity index is 696. The standard InChI is InChI=1S/C24H36O6/c1-8-20-13-14-24(29-18(20)5)17(4)23(28-19(6)25)16(3)22(30-24)15(2)11-9-10-12-21(26)27-7/h9-18,20,22-23H,8H2,1-7H3/b11-9+,12-10+/t15-,16+,17-,18+,20-,22-,23+,24+/m0/s1. The Hall–Kier alpha value is -1.92. The molecule has 2 aliphatic rings.